The van der Waals surface area contributed by atoms with E-state index < -0.39 is 23.0 Å². The molecule has 0 atom stereocenters. The van der Waals surface area contributed by atoms with Gasteiger partial charge in [0.05, 0.1) is 5.52 Å². The van der Waals surface area contributed by atoms with E-state index in [0.29, 0.717) is 35.4 Å². The van der Waals surface area contributed by atoms with Crippen LogP contribution in [0.2, 0.25) is 0 Å². The molecule has 0 unspecified atom stereocenters. The fourth-order valence-electron chi connectivity index (χ4n) is 4.19. The van der Waals surface area contributed by atoms with Gasteiger partial charge in [-0.25, -0.2) is 8.78 Å². The molecule has 0 fully saturated rings. The summed E-state index contributed by atoms with van der Waals surface area (Å²) in [6.45, 7) is 0.352. The maximum atomic E-state index is 13.7. The summed E-state index contributed by atoms with van der Waals surface area (Å²) in [4.78, 5) is 26.6. The average Bonchev–Trinajstić information content (AvgIpc) is 2.95. The number of hydrogen-bond donors (Lipinski definition) is 1. The number of ether oxygens (including phenoxy) is 3. The summed E-state index contributed by atoms with van der Waals surface area (Å²) in [5.74, 6) is -1.52. The van der Waals surface area contributed by atoms with E-state index in [4.69, 9.17) is 14.2 Å². The highest BCUT2D eigenvalue weighted by atomic mass is 19.1. The van der Waals surface area contributed by atoms with Gasteiger partial charge in [0, 0.05) is 48.3 Å². The van der Waals surface area contributed by atoms with Crippen LogP contribution in [0.3, 0.4) is 0 Å². The molecular formula is C31H24F2N2O5. The van der Waals surface area contributed by atoms with Gasteiger partial charge >= 0.3 is 0 Å². The molecule has 1 heterocycles. The number of nitrogens with one attached hydrogen (secondary N) is 1. The van der Waals surface area contributed by atoms with E-state index in [0.717, 1.165) is 17.7 Å². The molecule has 9 heteroatoms. The lowest BCUT2D eigenvalue weighted by atomic mass is 10.1. The zero-order chi connectivity index (χ0) is 28.1. The Morgan fingerprint density at radius 3 is 2.35 bits per heavy atom. The standard InChI is InChI=1S/C31H24F2N2O5/c1-38-19-40-26-10-11-27-29(16-26)35(24-8-5-9-25(15-24)39-18-20-6-3-2-4-7-20)17-28(30(27)36)31(37)34-23-13-21(32)12-22(33)14-23/h2-17H,18-19H2,1H3,(H,34,37). The predicted molar refractivity (Wildman–Crippen MR) is 147 cm³/mol. The zero-order valence-corrected chi connectivity index (χ0v) is 21.4. The molecule has 0 radical (unpaired) electrons. The highest BCUT2D eigenvalue weighted by molar-refractivity contribution is 6.06. The first-order valence-electron chi connectivity index (χ1n) is 12.3. The van der Waals surface area contributed by atoms with Gasteiger partial charge in [-0.15, -0.1) is 0 Å². The van der Waals surface area contributed by atoms with Crippen LogP contribution in [-0.4, -0.2) is 24.4 Å². The van der Waals surface area contributed by atoms with Gasteiger partial charge in [0.2, 0.25) is 5.43 Å². The van der Waals surface area contributed by atoms with Crippen LogP contribution < -0.4 is 20.2 Å². The number of anilines is 1. The summed E-state index contributed by atoms with van der Waals surface area (Å²) < 4.78 is 45.6. The Hall–Kier alpha value is -5.02. The number of carbonyl (C=O) groups excluding carboxylic acids is 1. The van der Waals surface area contributed by atoms with Gasteiger partial charge < -0.3 is 24.1 Å². The Labute approximate surface area is 228 Å². The molecule has 0 aliphatic rings. The minimum atomic E-state index is -0.859. The molecule has 0 saturated carbocycles. The normalized spacial score (nSPS) is 10.9. The van der Waals surface area contributed by atoms with Crippen molar-refractivity contribution in [2.24, 2.45) is 0 Å². The maximum absolute atomic E-state index is 13.7. The SMILES string of the molecule is COCOc1ccc2c(=O)c(C(=O)Nc3cc(F)cc(F)c3)cn(-c3cccc(OCc4ccccc4)c3)c2c1. The highest BCUT2D eigenvalue weighted by Crippen LogP contribution is 2.26. The molecule has 1 aromatic heterocycles. The predicted octanol–water partition coefficient (Wildman–Crippen LogP) is 6.08. The van der Waals surface area contributed by atoms with Crippen molar-refractivity contribution in [3.63, 3.8) is 0 Å². The Morgan fingerprint density at radius 2 is 1.60 bits per heavy atom. The lowest BCUT2D eigenvalue weighted by molar-refractivity contribution is 0.0512. The first kappa shape index (κ1) is 26.6. The van der Waals surface area contributed by atoms with E-state index in [9.17, 15) is 18.4 Å². The van der Waals surface area contributed by atoms with Crippen molar-refractivity contribution in [3.05, 3.63) is 130 Å². The number of pyridine rings is 1. The van der Waals surface area contributed by atoms with E-state index >= 15 is 0 Å². The van der Waals surface area contributed by atoms with E-state index in [1.165, 1.54) is 13.3 Å². The van der Waals surface area contributed by atoms with E-state index in [-0.39, 0.29) is 23.4 Å². The number of nitrogens with zero attached hydrogens (tertiary/aromatic N) is 1. The van der Waals surface area contributed by atoms with Gasteiger partial charge in [-0.3, -0.25) is 9.59 Å². The number of aromatic nitrogens is 1. The van der Waals surface area contributed by atoms with Gasteiger partial charge in [0.25, 0.3) is 5.91 Å². The lowest BCUT2D eigenvalue weighted by Gasteiger charge is -2.16. The minimum absolute atomic E-state index is 0.00321. The average molecular weight is 543 g/mol. The summed E-state index contributed by atoms with van der Waals surface area (Å²) in [5.41, 5.74) is 1.16. The van der Waals surface area contributed by atoms with Crippen LogP contribution in [0.1, 0.15) is 15.9 Å². The number of carbonyl (C=O) groups is 1. The molecule has 5 rings (SSSR count). The molecule has 202 valence electrons. The Kier molecular flexibility index (Phi) is 7.84. The van der Waals surface area contributed by atoms with Gasteiger partial charge in [-0.2, -0.15) is 0 Å². The molecular weight excluding hydrogens is 518 g/mol. The molecule has 40 heavy (non-hydrogen) atoms. The summed E-state index contributed by atoms with van der Waals surface area (Å²) in [7, 11) is 1.49. The summed E-state index contributed by atoms with van der Waals surface area (Å²) in [6.07, 6.45) is 1.38. The molecule has 7 nitrogen and oxygen atoms in total. The van der Waals surface area contributed by atoms with Crippen molar-refractivity contribution in [2.75, 3.05) is 19.2 Å². The van der Waals surface area contributed by atoms with Gasteiger partial charge in [-0.05, 0) is 42.0 Å². The molecule has 1 amide bonds. The van der Waals surface area contributed by atoms with E-state index in [1.54, 1.807) is 47.0 Å². The van der Waals surface area contributed by atoms with Crippen LogP contribution in [0.4, 0.5) is 14.5 Å². The highest BCUT2D eigenvalue weighted by Gasteiger charge is 2.18. The molecule has 5 aromatic rings. The second kappa shape index (κ2) is 11.8. The van der Waals surface area contributed by atoms with Gasteiger partial charge in [0.15, 0.2) is 6.79 Å². The third-order valence-electron chi connectivity index (χ3n) is 6.03. The Bertz CT molecular complexity index is 1720. The number of benzene rings is 4. The van der Waals surface area contributed by atoms with Crippen molar-refractivity contribution in [3.8, 4) is 17.2 Å². The molecule has 0 saturated heterocycles. The molecule has 0 bridgehead atoms. The monoisotopic (exact) mass is 542 g/mol. The number of amides is 1. The first-order chi connectivity index (χ1) is 19.4. The van der Waals surface area contributed by atoms with Crippen molar-refractivity contribution in [2.45, 2.75) is 6.61 Å². The topological polar surface area (TPSA) is 78.8 Å². The second-order valence-corrected chi connectivity index (χ2v) is 8.86. The van der Waals surface area contributed by atoms with E-state index in [1.807, 2.05) is 30.3 Å². The third kappa shape index (κ3) is 6.00. The molecule has 1 N–H and O–H groups in total. The quantitative estimate of drug-likeness (QED) is 0.228. The smallest absolute Gasteiger partial charge is 0.261 e. The van der Waals surface area contributed by atoms with Crippen LogP contribution in [0.25, 0.3) is 16.6 Å². The molecule has 0 spiro atoms. The Balaban J connectivity index is 1.58. The molecule has 0 aliphatic heterocycles. The van der Waals surface area contributed by atoms with Crippen molar-refractivity contribution in [1.82, 2.24) is 4.57 Å². The Morgan fingerprint density at radius 1 is 0.850 bits per heavy atom. The third-order valence-corrected chi connectivity index (χ3v) is 6.03. The first-order valence-corrected chi connectivity index (χ1v) is 12.3. The number of rotatable bonds is 9. The van der Waals surface area contributed by atoms with Crippen molar-refractivity contribution in [1.29, 1.82) is 0 Å². The van der Waals surface area contributed by atoms with Crippen molar-refractivity contribution >= 4 is 22.5 Å². The summed E-state index contributed by atoms with van der Waals surface area (Å²) >= 11 is 0. The second-order valence-electron chi connectivity index (χ2n) is 8.86. The van der Waals surface area contributed by atoms with Crippen LogP contribution in [-0.2, 0) is 11.3 Å². The van der Waals surface area contributed by atoms with Crippen LogP contribution in [0.15, 0.2) is 102 Å². The summed E-state index contributed by atoms with van der Waals surface area (Å²) in [6, 6.07) is 24.3. The molecule has 4 aromatic carbocycles. The number of halogens is 2. The number of methoxy groups -OCH3 is 1. The maximum Gasteiger partial charge on any atom is 0.261 e. The largest absolute Gasteiger partial charge is 0.489 e. The zero-order valence-electron chi connectivity index (χ0n) is 21.4. The molecule has 0 aliphatic carbocycles. The summed E-state index contributed by atoms with van der Waals surface area (Å²) in [5, 5.41) is 2.65. The fourth-order valence-corrected chi connectivity index (χ4v) is 4.19. The minimum Gasteiger partial charge on any atom is -0.489 e. The van der Waals surface area contributed by atoms with Crippen molar-refractivity contribution < 1.29 is 27.8 Å². The van der Waals surface area contributed by atoms with Crippen LogP contribution >= 0.6 is 0 Å². The number of hydrogen-bond acceptors (Lipinski definition) is 5. The fraction of sp³-hybridized carbons (Fsp3) is 0.0968. The van der Waals surface area contributed by atoms with Crippen LogP contribution in [0.5, 0.6) is 11.5 Å². The van der Waals surface area contributed by atoms with E-state index in [2.05, 4.69) is 5.32 Å². The van der Waals surface area contributed by atoms with Crippen LogP contribution in [0, 0.1) is 11.6 Å². The number of fused-ring (bicyclic) bond motifs is 1. The van der Waals surface area contributed by atoms with Gasteiger partial charge in [-0.1, -0.05) is 36.4 Å². The lowest BCUT2D eigenvalue weighted by Crippen LogP contribution is -2.24. The van der Waals surface area contributed by atoms with Gasteiger partial charge in [0.1, 0.15) is 35.3 Å².